The number of carbonyl (C=O) groups is 7. The summed E-state index contributed by atoms with van der Waals surface area (Å²) in [6.45, 7) is 21.4. The van der Waals surface area contributed by atoms with Gasteiger partial charge in [-0.1, -0.05) is 54.5 Å². The maximum absolute atomic E-state index is 13.9. The predicted octanol–water partition coefficient (Wildman–Crippen LogP) is -0.186. The highest BCUT2D eigenvalue weighted by Crippen LogP contribution is 2.14. The Labute approximate surface area is 325 Å². The van der Waals surface area contributed by atoms with Crippen molar-refractivity contribution in [3.63, 3.8) is 0 Å². The number of ketones is 1. The summed E-state index contributed by atoms with van der Waals surface area (Å²) in [6, 6.07) is -6.61. The van der Waals surface area contributed by atoms with Crippen molar-refractivity contribution in [2.45, 2.75) is 150 Å². The summed E-state index contributed by atoms with van der Waals surface area (Å²) in [5, 5.41) is 39.2. The Bertz CT molecular complexity index is 1320. The lowest BCUT2D eigenvalue weighted by atomic mass is 9.96. The molecule has 0 aliphatic heterocycles. The number of aliphatic hydroxyl groups is 2. The van der Waals surface area contributed by atoms with Gasteiger partial charge in [-0.15, -0.1) is 0 Å². The molecule has 0 saturated carbocycles. The fourth-order valence-electron chi connectivity index (χ4n) is 5.11. The number of Topliss-reactive ketones (excluding diaryl/α,β-unsaturated/α-hetero) is 1. The van der Waals surface area contributed by atoms with Crippen LogP contribution in [0.3, 0.4) is 0 Å². The molecule has 11 N–H and O–H groups in total. The van der Waals surface area contributed by atoms with Crippen LogP contribution in [0.15, 0.2) is 12.4 Å². The van der Waals surface area contributed by atoms with Gasteiger partial charge in [0.1, 0.15) is 41.6 Å². The van der Waals surface area contributed by atoms with Crippen LogP contribution in [0.2, 0.25) is 0 Å². The van der Waals surface area contributed by atoms with Crippen LogP contribution in [-0.4, -0.2) is 113 Å². The number of carbonyl (C=O) groups excluding carboxylic acids is 7. The number of aliphatic hydroxyl groups excluding tert-OH is 2. The zero-order valence-corrected chi connectivity index (χ0v) is 34.5. The third kappa shape index (κ3) is 20.2. The molecule has 6 amide bonds. The Morgan fingerprint density at radius 2 is 1.25 bits per heavy atom. The van der Waals surface area contributed by atoms with E-state index < -0.39 is 95.5 Å². The SMILES string of the molecule is C=C(N)NCCC[C@@H](NC(=O)[C@H](CC(C)C)NC(=O)[C@@H](NC(=O)OC(C)(C)C)[C@H](O)C(C)C)C(=O)N[C@H](C(=O)N[C@H](C(=O)NCC(C)=O)[C@H](C)O)[C@@H](C)CC. The van der Waals surface area contributed by atoms with Gasteiger partial charge in [0.2, 0.25) is 29.5 Å². The van der Waals surface area contributed by atoms with Crippen molar-refractivity contribution < 1.29 is 48.5 Å². The summed E-state index contributed by atoms with van der Waals surface area (Å²) in [5.41, 5.74) is 4.72. The summed E-state index contributed by atoms with van der Waals surface area (Å²) >= 11 is 0. The van der Waals surface area contributed by atoms with E-state index in [0.717, 1.165) is 0 Å². The van der Waals surface area contributed by atoms with Gasteiger partial charge in [-0.05, 0) is 71.6 Å². The summed E-state index contributed by atoms with van der Waals surface area (Å²) in [5.74, 6) is -5.16. The first-order valence-electron chi connectivity index (χ1n) is 18.8. The molecule has 8 atom stereocenters. The topological polar surface area (TPSA) is 279 Å². The van der Waals surface area contributed by atoms with Gasteiger partial charge < -0.3 is 57.9 Å². The van der Waals surface area contributed by atoms with Gasteiger partial charge in [0, 0.05) is 6.54 Å². The number of amides is 6. The number of nitrogens with two attached hydrogens (primary N) is 1. The number of rotatable bonds is 24. The highest BCUT2D eigenvalue weighted by molar-refractivity contribution is 5.97. The van der Waals surface area contributed by atoms with Crippen molar-refractivity contribution in [2.24, 2.45) is 23.5 Å². The quantitative estimate of drug-likeness (QED) is 0.0571. The van der Waals surface area contributed by atoms with Gasteiger partial charge in [-0.3, -0.25) is 28.8 Å². The van der Waals surface area contributed by atoms with Gasteiger partial charge in [0.25, 0.3) is 0 Å². The Hall–Kier alpha value is -4.45. The summed E-state index contributed by atoms with van der Waals surface area (Å²) in [7, 11) is 0. The molecule has 0 aromatic carbocycles. The molecule has 0 spiro atoms. The average molecular weight is 785 g/mol. The van der Waals surface area contributed by atoms with Crippen LogP contribution in [0.5, 0.6) is 0 Å². The first-order valence-corrected chi connectivity index (χ1v) is 18.8. The molecule has 18 heteroatoms. The van der Waals surface area contributed by atoms with Crippen LogP contribution in [0.1, 0.15) is 102 Å². The van der Waals surface area contributed by atoms with Crippen molar-refractivity contribution in [3.05, 3.63) is 12.4 Å². The predicted molar refractivity (Wildman–Crippen MR) is 207 cm³/mol. The highest BCUT2D eigenvalue weighted by Gasteiger charge is 2.37. The Morgan fingerprint density at radius 3 is 1.73 bits per heavy atom. The van der Waals surface area contributed by atoms with E-state index in [0.29, 0.717) is 12.8 Å². The molecule has 316 valence electrons. The minimum atomic E-state index is -1.49. The zero-order chi connectivity index (χ0) is 42.8. The van der Waals surface area contributed by atoms with E-state index in [-0.39, 0.29) is 43.5 Å². The first kappa shape index (κ1) is 50.5. The van der Waals surface area contributed by atoms with Gasteiger partial charge in [0.05, 0.1) is 24.6 Å². The van der Waals surface area contributed by atoms with E-state index in [1.54, 1.807) is 48.5 Å². The number of ether oxygens (including phenoxy) is 1. The summed E-state index contributed by atoms with van der Waals surface area (Å²) in [6.07, 6.45) is -2.77. The molecular weight excluding hydrogens is 716 g/mol. The van der Waals surface area contributed by atoms with Crippen LogP contribution in [0.25, 0.3) is 0 Å². The van der Waals surface area contributed by atoms with Gasteiger partial charge in [0.15, 0.2) is 0 Å². The average Bonchev–Trinajstić information content (AvgIpc) is 3.05. The normalized spacial score (nSPS) is 15.8. The molecule has 18 nitrogen and oxygen atoms in total. The van der Waals surface area contributed by atoms with Crippen LogP contribution >= 0.6 is 0 Å². The molecule has 0 aromatic heterocycles. The van der Waals surface area contributed by atoms with Gasteiger partial charge in [-0.2, -0.15) is 0 Å². The molecule has 0 heterocycles. The van der Waals surface area contributed by atoms with Crippen LogP contribution in [0.4, 0.5) is 4.79 Å². The maximum Gasteiger partial charge on any atom is 0.408 e. The minimum absolute atomic E-state index is 0.0493. The monoisotopic (exact) mass is 785 g/mol. The number of alkyl carbamates (subject to hydrolysis) is 1. The summed E-state index contributed by atoms with van der Waals surface area (Å²) < 4.78 is 5.29. The largest absolute Gasteiger partial charge is 0.444 e. The van der Waals surface area contributed by atoms with Crippen molar-refractivity contribution in [3.8, 4) is 0 Å². The van der Waals surface area contributed by atoms with Crippen LogP contribution in [0, 0.1) is 17.8 Å². The molecule has 0 radical (unpaired) electrons. The van der Waals surface area contributed by atoms with Gasteiger partial charge >= 0.3 is 6.09 Å². The number of nitrogens with one attached hydrogen (secondary N) is 7. The van der Waals surface area contributed by atoms with E-state index >= 15 is 0 Å². The molecular formula is C37H68N8O10. The number of hydrogen-bond donors (Lipinski definition) is 10. The lowest BCUT2D eigenvalue weighted by Gasteiger charge is -2.31. The van der Waals surface area contributed by atoms with Crippen LogP contribution in [-0.2, 0) is 33.5 Å². The fourth-order valence-corrected chi connectivity index (χ4v) is 5.11. The van der Waals surface area contributed by atoms with E-state index in [1.165, 1.54) is 13.8 Å². The van der Waals surface area contributed by atoms with E-state index in [1.807, 2.05) is 13.8 Å². The first-order chi connectivity index (χ1) is 25.3. The Kier molecular flexibility index (Phi) is 22.2. The Morgan fingerprint density at radius 1 is 0.727 bits per heavy atom. The highest BCUT2D eigenvalue weighted by atomic mass is 16.6. The van der Waals surface area contributed by atoms with E-state index in [9.17, 15) is 43.8 Å². The molecule has 0 aliphatic rings. The van der Waals surface area contributed by atoms with Crippen molar-refractivity contribution in [2.75, 3.05) is 13.1 Å². The maximum atomic E-state index is 13.9. The summed E-state index contributed by atoms with van der Waals surface area (Å²) in [4.78, 5) is 91.8. The van der Waals surface area contributed by atoms with Crippen molar-refractivity contribution in [1.82, 2.24) is 37.2 Å². The van der Waals surface area contributed by atoms with E-state index in [2.05, 4.69) is 43.8 Å². The smallest absolute Gasteiger partial charge is 0.408 e. The van der Waals surface area contributed by atoms with E-state index in [4.69, 9.17) is 10.5 Å². The molecule has 0 bridgehead atoms. The molecule has 0 aliphatic carbocycles. The van der Waals surface area contributed by atoms with Crippen molar-refractivity contribution in [1.29, 1.82) is 0 Å². The molecule has 0 saturated heterocycles. The Balaban J connectivity index is 6.49. The van der Waals surface area contributed by atoms with Crippen molar-refractivity contribution >= 4 is 41.4 Å². The third-order valence-corrected chi connectivity index (χ3v) is 8.34. The standard InChI is InChI=1S/C37H68N8O10/c1-13-21(6)27(34(52)44-28(23(8)47)33(51)40-18-22(7)46)43-31(49)25(15-14-16-39-24(9)38)41-32(50)26(17-19(2)3)42-35(53)29(30(48)20(4)5)45-36(54)55-37(10,11)12/h19-21,23,25-30,39,47-48H,9,13-18,38H2,1-8,10-12H3,(H,40,51)(H,41,50)(H,42,53)(H,43,49)(H,44,52)(H,45,54)/t21-,23-,25+,26-,27-,28-,29-,30+/m0/s1. The van der Waals surface area contributed by atoms with Gasteiger partial charge in [-0.25, -0.2) is 4.79 Å². The molecule has 0 aromatic rings. The zero-order valence-electron chi connectivity index (χ0n) is 34.5. The second kappa shape index (κ2) is 24.1. The lowest BCUT2D eigenvalue weighted by molar-refractivity contribution is -0.137. The molecule has 55 heavy (non-hydrogen) atoms. The van der Waals surface area contributed by atoms with Crippen LogP contribution < -0.4 is 43.0 Å². The molecule has 0 rings (SSSR count). The second-order valence-corrected chi connectivity index (χ2v) is 15.7. The fraction of sp³-hybridized carbons (Fsp3) is 0.757. The number of hydrogen-bond acceptors (Lipinski definition) is 12. The third-order valence-electron chi connectivity index (χ3n) is 8.34. The minimum Gasteiger partial charge on any atom is -0.444 e. The second-order valence-electron chi connectivity index (χ2n) is 15.7. The lowest BCUT2D eigenvalue weighted by Crippen LogP contribution is -2.62. The molecule has 0 fully saturated rings. The molecule has 0 unspecified atom stereocenters.